The lowest BCUT2D eigenvalue weighted by Crippen LogP contribution is -2.51. The van der Waals surface area contributed by atoms with E-state index >= 15 is 0 Å². The van der Waals surface area contributed by atoms with Crippen molar-refractivity contribution < 1.29 is 9.53 Å². The van der Waals surface area contributed by atoms with Gasteiger partial charge in [0.1, 0.15) is 0 Å². The molecule has 2 aliphatic heterocycles. The van der Waals surface area contributed by atoms with Crippen molar-refractivity contribution in [2.45, 2.75) is 38.4 Å². The van der Waals surface area contributed by atoms with Gasteiger partial charge in [-0.3, -0.25) is 9.69 Å². The first-order chi connectivity index (χ1) is 11.7. The van der Waals surface area contributed by atoms with Crippen LogP contribution in [0, 0.1) is 5.92 Å². The molecular formula is C19H29N3O2. The number of ether oxygens (including phenoxy) is 1. The Labute approximate surface area is 144 Å². The summed E-state index contributed by atoms with van der Waals surface area (Å²) in [4.78, 5) is 14.8. The molecule has 0 saturated carbocycles. The van der Waals surface area contributed by atoms with Gasteiger partial charge in [0, 0.05) is 44.7 Å². The van der Waals surface area contributed by atoms with E-state index in [-0.39, 0.29) is 18.0 Å². The smallest absolute Gasteiger partial charge is 0.221 e. The molecule has 1 amide bonds. The fraction of sp³-hybridized carbons (Fsp3) is 0.632. The molecule has 5 heteroatoms. The Hall–Kier alpha value is -1.43. The molecule has 2 fully saturated rings. The molecule has 2 N–H and O–H groups in total. The van der Waals surface area contributed by atoms with Crippen molar-refractivity contribution in [1.82, 2.24) is 15.5 Å². The van der Waals surface area contributed by atoms with Crippen molar-refractivity contribution in [2.24, 2.45) is 5.92 Å². The van der Waals surface area contributed by atoms with Crippen molar-refractivity contribution in [3.05, 3.63) is 35.9 Å². The third-order valence-electron chi connectivity index (χ3n) is 5.02. The van der Waals surface area contributed by atoms with Gasteiger partial charge in [-0.25, -0.2) is 0 Å². The highest BCUT2D eigenvalue weighted by atomic mass is 16.5. The Kier molecular flexibility index (Phi) is 6.24. The fourth-order valence-electron chi connectivity index (χ4n) is 3.67. The summed E-state index contributed by atoms with van der Waals surface area (Å²) in [6.45, 7) is 7.53. The molecule has 132 valence electrons. The molecule has 2 heterocycles. The van der Waals surface area contributed by atoms with Crippen molar-refractivity contribution in [3.8, 4) is 0 Å². The minimum Gasteiger partial charge on any atom is -0.378 e. The number of carbonyl (C=O) groups excluding carboxylic acids is 1. The molecule has 5 nitrogen and oxygen atoms in total. The summed E-state index contributed by atoms with van der Waals surface area (Å²) in [5.41, 5.74) is 1.36. The number of morpholine rings is 1. The van der Waals surface area contributed by atoms with Crippen LogP contribution >= 0.6 is 0 Å². The number of rotatable bonds is 5. The molecule has 1 aromatic carbocycles. The van der Waals surface area contributed by atoms with Gasteiger partial charge in [0.25, 0.3) is 0 Å². The third kappa shape index (κ3) is 5.03. The number of hydrogen-bond donors (Lipinski definition) is 2. The molecular weight excluding hydrogens is 302 g/mol. The van der Waals surface area contributed by atoms with Crippen LogP contribution < -0.4 is 10.6 Å². The lowest BCUT2D eigenvalue weighted by atomic mass is 9.93. The number of nitrogens with zero attached hydrogens (tertiary/aromatic N) is 1. The van der Waals surface area contributed by atoms with Crippen LogP contribution in [0.3, 0.4) is 0 Å². The standard InChI is InChI=1S/C19H29N3O2/c1-15-12-22(13-16-5-3-2-4-6-16)9-7-18(15)21-19(23)11-17-14-24-10-8-20-17/h2-6,15,17-18,20H,7-14H2,1H3,(H,21,23). The van der Waals surface area contributed by atoms with E-state index in [0.717, 1.165) is 39.2 Å². The second-order valence-corrected chi connectivity index (χ2v) is 7.09. The van der Waals surface area contributed by atoms with Crippen molar-refractivity contribution in [3.63, 3.8) is 0 Å². The fourth-order valence-corrected chi connectivity index (χ4v) is 3.67. The van der Waals surface area contributed by atoms with E-state index < -0.39 is 0 Å². The first-order valence-corrected chi connectivity index (χ1v) is 9.07. The Balaban J connectivity index is 1.42. The van der Waals surface area contributed by atoms with Gasteiger partial charge in [0.2, 0.25) is 5.91 Å². The predicted molar refractivity (Wildman–Crippen MR) is 94.7 cm³/mol. The molecule has 0 bridgehead atoms. The largest absolute Gasteiger partial charge is 0.378 e. The summed E-state index contributed by atoms with van der Waals surface area (Å²) in [5.74, 6) is 0.619. The molecule has 0 spiro atoms. The van der Waals surface area contributed by atoms with Crippen LogP contribution in [0.4, 0.5) is 0 Å². The topological polar surface area (TPSA) is 53.6 Å². The van der Waals surface area contributed by atoms with Crippen LogP contribution in [-0.4, -0.2) is 55.7 Å². The van der Waals surface area contributed by atoms with E-state index in [1.165, 1.54) is 5.56 Å². The highest BCUT2D eigenvalue weighted by Gasteiger charge is 2.28. The van der Waals surface area contributed by atoms with E-state index in [2.05, 4.69) is 52.8 Å². The number of nitrogens with one attached hydrogen (secondary N) is 2. The number of hydrogen-bond acceptors (Lipinski definition) is 4. The highest BCUT2D eigenvalue weighted by molar-refractivity contribution is 5.77. The Morgan fingerprint density at radius 1 is 1.38 bits per heavy atom. The summed E-state index contributed by atoms with van der Waals surface area (Å²) < 4.78 is 5.42. The van der Waals surface area contributed by atoms with Gasteiger partial charge in [-0.05, 0) is 17.9 Å². The normalized spacial score (nSPS) is 28.5. The van der Waals surface area contributed by atoms with Crippen LogP contribution in [0.5, 0.6) is 0 Å². The number of amides is 1. The summed E-state index contributed by atoms with van der Waals surface area (Å²) in [7, 11) is 0. The molecule has 0 aromatic heterocycles. The van der Waals surface area contributed by atoms with Crippen LogP contribution in [0.25, 0.3) is 0 Å². The summed E-state index contributed by atoms with van der Waals surface area (Å²) in [5, 5.41) is 6.58. The number of likely N-dealkylation sites (tertiary alicyclic amines) is 1. The summed E-state index contributed by atoms with van der Waals surface area (Å²) >= 11 is 0. The first-order valence-electron chi connectivity index (χ1n) is 9.07. The van der Waals surface area contributed by atoms with Gasteiger partial charge in [0.05, 0.1) is 13.2 Å². The third-order valence-corrected chi connectivity index (χ3v) is 5.02. The quantitative estimate of drug-likeness (QED) is 0.856. The highest BCUT2D eigenvalue weighted by Crippen LogP contribution is 2.19. The average molecular weight is 331 g/mol. The molecule has 3 unspecified atom stereocenters. The number of piperidine rings is 1. The van der Waals surface area contributed by atoms with E-state index in [1.54, 1.807) is 0 Å². The molecule has 3 atom stereocenters. The van der Waals surface area contributed by atoms with Crippen molar-refractivity contribution >= 4 is 5.91 Å². The van der Waals surface area contributed by atoms with Crippen molar-refractivity contribution in [1.29, 1.82) is 0 Å². The van der Waals surface area contributed by atoms with Gasteiger partial charge in [-0.15, -0.1) is 0 Å². The Morgan fingerprint density at radius 2 is 2.21 bits per heavy atom. The second-order valence-electron chi connectivity index (χ2n) is 7.09. The lowest BCUT2D eigenvalue weighted by Gasteiger charge is -2.37. The van der Waals surface area contributed by atoms with Crippen LogP contribution in [0.1, 0.15) is 25.3 Å². The van der Waals surface area contributed by atoms with Gasteiger partial charge >= 0.3 is 0 Å². The van der Waals surface area contributed by atoms with Crippen LogP contribution in [-0.2, 0) is 16.1 Å². The van der Waals surface area contributed by atoms with E-state index in [4.69, 9.17) is 4.74 Å². The van der Waals surface area contributed by atoms with E-state index in [1.807, 2.05) is 0 Å². The average Bonchev–Trinajstić information content (AvgIpc) is 2.59. The molecule has 3 rings (SSSR count). The molecule has 2 aliphatic rings. The zero-order valence-corrected chi connectivity index (χ0v) is 14.5. The maximum atomic E-state index is 12.3. The predicted octanol–water partition coefficient (Wildman–Crippen LogP) is 1.39. The molecule has 1 aromatic rings. The Morgan fingerprint density at radius 3 is 2.92 bits per heavy atom. The van der Waals surface area contributed by atoms with E-state index in [9.17, 15) is 4.79 Å². The number of benzene rings is 1. The minimum absolute atomic E-state index is 0.145. The second kappa shape index (κ2) is 8.60. The zero-order valence-electron chi connectivity index (χ0n) is 14.5. The van der Waals surface area contributed by atoms with Gasteiger partial charge in [-0.1, -0.05) is 37.3 Å². The van der Waals surface area contributed by atoms with Crippen LogP contribution in [0.2, 0.25) is 0 Å². The SMILES string of the molecule is CC1CN(Cc2ccccc2)CCC1NC(=O)CC1COCCN1. The molecule has 0 aliphatic carbocycles. The van der Waals surface area contributed by atoms with Crippen LogP contribution in [0.15, 0.2) is 30.3 Å². The maximum Gasteiger partial charge on any atom is 0.221 e. The monoisotopic (exact) mass is 331 g/mol. The van der Waals surface area contributed by atoms with E-state index in [0.29, 0.717) is 18.9 Å². The molecule has 24 heavy (non-hydrogen) atoms. The number of carbonyl (C=O) groups is 1. The Bertz CT molecular complexity index is 517. The van der Waals surface area contributed by atoms with Crippen molar-refractivity contribution in [2.75, 3.05) is 32.8 Å². The summed E-state index contributed by atoms with van der Waals surface area (Å²) in [6.07, 6.45) is 1.53. The van der Waals surface area contributed by atoms with Gasteiger partial charge in [0.15, 0.2) is 0 Å². The first kappa shape index (κ1) is 17.4. The van der Waals surface area contributed by atoms with Gasteiger partial charge < -0.3 is 15.4 Å². The molecule has 2 saturated heterocycles. The van der Waals surface area contributed by atoms with Gasteiger partial charge in [-0.2, -0.15) is 0 Å². The maximum absolute atomic E-state index is 12.3. The minimum atomic E-state index is 0.145. The summed E-state index contributed by atoms with van der Waals surface area (Å²) in [6, 6.07) is 11.0. The zero-order chi connectivity index (χ0) is 16.8. The lowest BCUT2D eigenvalue weighted by molar-refractivity contribution is -0.123. The molecule has 0 radical (unpaired) electrons.